The molecule has 0 aliphatic rings. The number of carbonyl (C=O) groups excluding carboxylic acids is 2. The van der Waals surface area contributed by atoms with Gasteiger partial charge in [-0.25, -0.2) is 9.59 Å². The fourth-order valence-electron chi connectivity index (χ4n) is 3.25. The smallest absolute Gasteiger partial charge is 0.466 e. The Morgan fingerprint density at radius 3 is 2.24 bits per heavy atom. The fourth-order valence-corrected chi connectivity index (χ4v) is 3.25. The molecular formula is C25H33N3O6. The van der Waals surface area contributed by atoms with Crippen LogP contribution in [0.25, 0.3) is 11.3 Å². The maximum absolute atomic E-state index is 11.8. The number of aryl methyl sites for hydroxylation is 2. The SMILES string of the molecule is C/N=C\C(=C(\OCOC(=O)OCC(=O)OC)c1c(C)c(C)nn1C)c1ccc(C(C)(C)C)cc1. The van der Waals surface area contributed by atoms with Crippen LogP contribution in [0.3, 0.4) is 0 Å². The number of benzene rings is 1. The van der Waals surface area contributed by atoms with Crippen LogP contribution in [0, 0.1) is 13.8 Å². The topological polar surface area (TPSA) is 101 Å². The summed E-state index contributed by atoms with van der Waals surface area (Å²) < 4.78 is 21.8. The van der Waals surface area contributed by atoms with Crippen molar-refractivity contribution in [3.63, 3.8) is 0 Å². The van der Waals surface area contributed by atoms with Gasteiger partial charge in [-0.1, -0.05) is 45.0 Å². The molecule has 0 amide bonds. The molecule has 9 nitrogen and oxygen atoms in total. The summed E-state index contributed by atoms with van der Waals surface area (Å²) in [6, 6.07) is 8.15. The minimum absolute atomic E-state index is 0.00865. The predicted molar refractivity (Wildman–Crippen MR) is 129 cm³/mol. The molecule has 2 rings (SSSR count). The summed E-state index contributed by atoms with van der Waals surface area (Å²) in [5.41, 5.74) is 5.25. The lowest BCUT2D eigenvalue weighted by Crippen LogP contribution is -2.17. The van der Waals surface area contributed by atoms with E-state index in [1.807, 2.05) is 33.0 Å². The van der Waals surface area contributed by atoms with Crippen molar-refractivity contribution in [1.29, 1.82) is 0 Å². The number of esters is 1. The number of allylic oxidation sites excluding steroid dienone is 1. The number of ether oxygens (including phenoxy) is 4. The molecule has 0 atom stereocenters. The van der Waals surface area contributed by atoms with Gasteiger partial charge >= 0.3 is 12.1 Å². The molecule has 2 aromatic rings. The molecule has 0 bridgehead atoms. The first kappa shape index (κ1) is 26.6. The molecule has 0 aliphatic heterocycles. The Morgan fingerprint density at radius 2 is 1.74 bits per heavy atom. The molecule has 0 saturated heterocycles. The Hall–Kier alpha value is -3.62. The zero-order valence-electron chi connectivity index (χ0n) is 21.1. The van der Waals surface area contributed by atoms with Crippen molar-refractivity contribution in [2.45, 2.75) is 40.0 Å². The first-order valence-corrected chi connectivity index (χ1v) is 10.8. The summed E-state index contributed by atoms with van der Waals surface area (Å²) >= 11 is 0. The number of aliphatic imine (C=N–C) groups is 1. The molecule has 9 heteroatoms. The van der Waals surface area contributed by atoms with Crippen LogP contribution in [0.15, 0.2) is 29.3 Å². The zero-order chi connectivity index (χ0) is 25.5. The highest BCUT2D eigenvalue weighted by atomic mass is 16.8. The quantitative estimate of drug-likeness (QED) is 0.246. The number of nitrogens with zero attached hydrogens (tertiary/aromatic N) is 3. The number of hydrogen-bond donors (Lipinski definition) is 0. The lowest BCUT2D eigenvalue weighted by molar-refractivity contribution is -0.145. The van der Waals surface area contributed by atoms with Crippen LogP contribution in [0.4, 0.5) is 4.79 Å². The van der Waals surface area contributed by atoms with Gasteiger partial charge in [0.25, 0.3) is 0 Å². The van der Waals surface area contributed by atoms with Crippen molar-refractivity contribution < 1.29 is 28.5 Å². The molecule has 184 valence electrons. The highest BCUT2D eigenvalue weighted by Gasteiger charge is 2.22. The third-order valence-electron chi connectivity index (χ3n) is 5.22. The van der Waals surface area contributed by atoms with Crippen molar-refractivity contribution in [2.24, 2.45) is 12.0 Å². The average Bonchev–Trinajstić information content (AvgIpc) is 3.04. The van der Waals surface area contributed by atoms with E-state index >= 15 is 0 Å². The van der Waals surface area contributed by atoms with Gasteiger partial charge in [-0.05, 0) is 30.4 Å². The van der Waals surface area contributed by atoms with E-state index in [1.165, 1.54) is 12.7 Å². The largest absolute Gasteiger partial charge is 0.511 e. The van der Waals surface area contributed by atoms with Gasteiger partial charge in [0.05, 0.1) is 12.8 Å². The Kier molecular flexibility index (Phi) is 9.00. The maximum atomic E-state index is 11.8. The number of aromatic nitrogens is 2. The third kappa shape index (κ3) is 6.69. The number of rotatable bonds is 8. The molecular weight excluding hydrogens is 438 g/mol. The lowest BCUT2D eigenvalue weighted by atomic mass is 9.86. The third-order valence-corrected chi connectivity index (χ3v) is 5.22. The molecule has 34 heavy (non-hydrogen) atoms. The molecule has 0 N–H and O–H groups in total. The number of methoxy groups -OCH3 is 1. The summed E-state index contributed by atoms with van der Waals surface area (Å²) in [5, 5.41) is 4.49. The van der Waals surface area contributed by atoms with E-state index < -0.39 is 25.5 Å². The second-order valence-corrected chi connectivity index (χ2v) is 8.66. The monoisotopic (exact) mass is 471 g/mol. The summed E-state index contributed by atoms with van der Waals surface area (Å²) in [6.45, 7) is 9.31. The van der Waals surface area contributed by atoms with Crippen LogP contribution >= 0.6 is 0 Å². The van der Waals surface area contributed by atoms with Crippen LogP contribution in [0.1, 0.15) is 48.8 Å². The van der Waals surface area contributed by atoms with Crippen molar-refractivity contribution in [3.8, 4) is 0 Å². The van der Waals surface area contributed by atoms with Crippen molar-refractivity contribution in [2.75, 3.05) is 27.6 Å². The van der Waals surface area contributed by atoms with E-state index in [2.05, 4.69) is 47.7 Å². The molecule has 0 unspecified atom stereocenters. The Bertz CT molecular complexity index is 1080. The lowest BCUT2D eigenvalue weighted by Gasteiger charge is -2.20. The van der Waals surface area contributed by atoms with Crippen molar-refractivity contribution >= 4 is 29.7 Å². The van der Waals surface area contributed by atoms with Gasteiger partial charge in [-0.15, -0.1) is 0 Å². The molecule has 0 saturated carbocycles. The minimum atomic E-state index is -1.05. The van der Waals surface area contributed by atoms with Crippen LogP contribution in [-0.2, 0) is 36.2 Å². The van der Waals surface area contributed by atoms with Gasteiger partial charge in [0.2, 0.25) is 6.79 Å². The van der Waals surface area contributed by atoms with E-state index in [9.17, 15) is 9.59 Å². The molecule has 0 aliphatic carbocycles. The Labute approximate surface area is 200 Å². The summed E-state index contributed by atoms with van der Waals surface area (Å²) in [4.78, 5) is 27.2. The molecule has 0 fully saturated rings. The first-order valence-electron chi connectivity index (χ1n) is 10.8. The highest BCUT2D eigenvalue weighted by Crippen LogP contribution is 2.31. The fraction of sp³-hybridized carbons (Fsp3) is 0.440. The zero-order valence-corrected chi connectivity index (χ0v) is 21.1. The Balaban J connectivity index is 2.45. The first-order chi connectivity index (χ1) is 16.0. The second kappa shape index (κ2) is 11.5. The average molecular weight is 472 g/mol. The predicted octanol–water partition coefficient (Wildman–Crippen LogP) is 4.20. The number of hydrogen-bond acceptors (Lipinski definition) is 8. The van der Waals surface area contributed by atoms with E-state index in [4.69, 9.17) is 14.2 Å². The van der Waals surface area contributed by atoms with Gasteiger partial charge in [0, 0.05) is 31.4 Å². The Morgan fingerprint density at radius 1 is 1.09 bits per heavy atom. The molecule has 1 aromatic carbocycles. The van der Waals surface area contributed by atoms with E-state index in [-0.39, 0.29) is 5.41 Å². The van der Waals surface area contributed by atoms with Crippen molar-refractivity contribution in [3.05, 3.63) is 52.3 Å². The van der Waals surface area contributed by atoms with Gasteiger partial charge in [0.15, 0.2) is 12.4 Å². The van der Waals surface area contributed by atoms with Gasteiger partial charge in [-0.3, -0.25) is 9.67 Å². The van der Waals surface area contributed by atoms with Gasteiger partial charge in [0.1, 0.15) is 5.69 Å². The molecule has 0 spiro atoms. The van der Waals surface area contributed by atoms with Crippen molar-refractivity contribution in [1.82, 2.24) is 9.78 Å². The molecule has 1 heterocycles. The van der Waals surface area contributed by atoms with E-state index in [0.717, 1.165) is 22.5 Å². The van der Waals surface area contributed by atoms with Gasteiger partial charge < -0.3 is 18.9 Å². The standard InChI is InChI=1S/C25H33N3O6/c1-16-17(2)27-28(7)22(16)23(33-15-34-24(30)32-14-21(29)31-8)20(13-26-6)18-9-11-19(12-10-18)25(3,4)5/h9-13H,14-15H2,1-8H3/b23-20-,26-13-. The van der Waals surface area contributed by atoms with E-state index in [1.54, 1.807) is 17.9 Å². The number of carbonyl (C=O) groups is 2. The van der Waals surface area contributed by atoms with Crippen LogP contribution < -0.4 is 0 Å². The van der Waals surface area contributed by atoms with Gasteiger partial charge in [-0.2, -0.15) is 5.10 Å². The minimum Gasteiger partial charge on any atom is -0.466 e. The summed E-state index contributed by atoms with van der Waals surface area (Å²) in [5.74, 6) is -0.255. The van der Waals surface area contributed by atoms with Crippen LogP contribution in [0.2, 0.25) is 0 Å². The highest BCUT2D eigenvalue weighted by molar-refractivity contribution is 6.18. The van der Waals surface area contributed by atoms with E-state index in [0.29, 0.717) is 11.3 Å². The second-order valence-electron chi connectivity index (χ2n) is 8.66. The summed E-state index contributed by atoms with van der Waals surface area (Å²) in [7, 11) is 4.68. The molecule has 0 radical (unpaired) electrons. The normalized spacial score (nSPS) is 12.4. The summed E-state index contributed by atoms with van der Waals surface area (Å²) in [6.07, 6.45) is 0.640. The molecule has 1 aromatic heterocycles. The van der Waals surface area contributed by atoms with Crippen LogP contribution in [-0.4, -0.2) is 55.7 Å². The van der Waals surface area contributed by atoms with Crippen LogP contribution in [0.5, 0.6) is 0 Å². The maximum Gasteiger partial charge on any atom is 0.511 e.